The van der Waals surface area contributed by atoms with Crippen LogP contribution in [-0.4, -0.2) is 15.5 Å². The van der Waals surface area contributed by atoms with Crippen molar-refractivity contribution in [3.05, 3.63) is 70.3 Å². The summed E-state index contributed by atoms with van der Waals surface area (Å²) in [4.78, 5) is 29.2. The van der Waals surface area contributed by atoms with Crippen LogP contribution in [0, 0.1) is 0 Å². The number of nitrogens with zero attached hydrogens (tertiary/aromatic N) is 2. The lowest BCUT2D eigenvalue weighted by molar-refractivity contribution is -0.116. The monoisotopic (exact) mass is 363 g/mol. The van der Waals surface area contributed by atoms with Gasteiger partial charge in [0.15, 0.2) is 0 Å². The molecule has 0 saturated carbocycles. The lowest BCUT2D eigenvalue weighted by Gasteiger charge is -2.10. The van der Waals surface area contributed by atoms with Crippen molar-refractivity contribution < 1.29 is 4.79 Å². The van der Waals surface area contributed by atoms with E-state index in [0.29, 0.717) is 23.1 Å². The molecule has 5 heteroatoms. The van der Waals surface area contributed by atoms with Crippen LogP contribution in [0.4, 0.5) is 5.69 Å². The van der Waals surface area contributed by atoms with Gasteiger partial charge in [-0.3, -0.25) is 14.2 Å². The van der Waals surface area contributed by atoms with Gasteiger partial charge in [-0.05, 0) is 42.7 Å². The molecule has 1 N–H and O–H groups in total. The molecule has 5 nitrogen and oxygen atoms in total. The molecule has 0 aliphatic heterocycles. The Bertz CT molecular complexity index is 991. The normalized spacial score (nSPS) is 10.9. The molecule has 0 bridgehead atoms. The maximum Gasteiger partial charge on any atom is 0.261 e. The second-order valence-electron chi connectivity index (χ2n) is 6.76. The molecule has 0 spiro atoms. The number of amides is 1. The zero-order chi connectivity index (χ0) is 19.2. The summed E-state index contributed by atoms with van der Waals surface area (Å²) >= 11 is 0. The van der Waals surface area contributed by atoms with E-state index in [1.165, 1.54) is 23.0 Å². The average molecular weight is 363 g/mol. The summed E-state index contributed by atoms with van der Waals surface area (Å²) in [6, 6.07) is 15.3. The number of nitrogens with one attached hydrogen (secondary N) is 1. The van der Waals surface area contributed by atoms with Crippen LogP contribution in [0.15, 0.2) is 53.3 Å². The molecule has 1 aromatic heterocycles. The van der Waals surface area contributed by atoms with E-state index in [2.05, 4.69) is 29.4 Å². The number of rotatable bonds is 7. The number of para-hydroxylation sites is 1. The summed E-state index contributed by atoms with van der Waals surface area (Å²) in [5, 5.41) is 3.51. The first kappa shape index (κ1) is 18.8. The minimum atomic E-state index is -0.0846. The predicted octanol–water partition coefficient (Wildman–Crippen LogP) is 3.85. The highest BCUT2D eigenvalue weighted by Gasteiger charge is 2.10. The van der Waals surface area contributed by atoms with E-state index < -0.39 is 0 Å². The highest BCUT2D eigenvalue weighted by Crippen LogP contribution is 2.13. The van der Waals surface area contributed by atoms with Crippen molar-refractivity contribution >= 4 is 22.5 Å². The third-order valence-electron chi connectivity index (χ3n) is 4.71. The van der Waals surface area contributed by atoms with E-state index in [1.54, 1.807) is 13.1 Å². The molecule has 2 aromatic carbocycles. The standard InChI is InChI=1S/C22H25N3O2/c1-3-4-7-16-10-12-17(13-11-16)23-21(26)15-14-20-24-19-9-6-5-8-18(19)22(27)25(20)2/h5-6,8-13H,3-4,7,14-15H2,1-2H3,(H,23,26). The van der Waals surface area contributed by atoms with Gasteiger partial charge in [0.05, 0.1) is 10.9 Å². The maximum absolute atomic E-state index is 12.4. The third-order valence-corrected chi connectivity index (χ3v) is 4.71. The van der Waals surface area contributed by atoms with Crippen LogP contribution in [-0.2, 0) is 24.7 Å². The van der Waals surface area contributed by atoms with E-state index in [0.717, 1.165) is 12.1 Å². The van der Waals surface area contributed by atoms with Crippen molar-refractivity contribution in [3.63, 3.8) is 0 Å². The van der Waals surface area contributed by atoms with Crippen LogP contribution in [0.3, 0.4) is 0 Å². The molecule has 3 rings (SSSR count). The Kier molecular flexibility index (Phi) is 6.01. The first-order chi connectivity index (χ1) is 13.1. The maximum atomic E-state index is 12.4. The van der Waals surface area contributed by atoms with Crippen molar-refractivity contribution in [1.29, 1.82) is 0 Å². The van der Waals surface area contributed by atoms with Crippen molar-refractivity contribution in [1.82, 2.24) is 9.55 Å². The number of aryl methyl sites for hydroxylation is 2. The summed E-state index contributed by atoms with van der Waals surface area (Å²) in [5.41, 5.74) is 2.66. The van der Waals surface area contributed by atoms with Crippen molar-refractivity contribution in [2.75, 3.05) is 5.32 Å². The molecule has 0 atom stereocenters. The fraction of sp³-hybridized carbons (Fsp3) is 0.318. The molecule has 27 heavy (non-hydrogen) atoms. The second kappa shape index (κ2) is 8.62. The molecule has 3 aromatic rings. The first-order valence-electron chi connectivity index (χ1n) is 9.42. The predicted molar refractivity (Wildman–Crippen MR) is 109 cm³/mol. The summed E-state index contributed by atoms with van der Waals surface area (Å²) in [6.07, 6.45) is 4.09. The Hall–Kier alpha value is -2.95. The molecule has 0 aliphatic rings. The van der Waals surface area contributed by atoms with Crippen LogP contribution in [0.1, 0.15) is 37.6 Å². The van der Waals surface area contributed by atoms with Crippen molar-refractivity contribution in [2.45, 2.75) is 39.0 Å². The Labute approximate surface area is 159 Å². The van der Waals surface area contributed by atoms with Gasteiger partial charge in [-0.1, -0.05) is 37.6 Å². The topological polar surface area (TPSA) is 64.0 Å². The zero-order valence-electron chi connectivity index (χ0n) is 15.9. The molecule has 0 radical (unpaired) electrons. The summed E-state index contributed by atoms with van der Waals surface area (Å²) < 4.78 is 1.53. The van der Waals surface area contributed by atoms with Crippen LogP contribution in [0.25, 0.3) is 10.9 Å². The van der Waals surface area contributed by atoms with Crippen LogP contribution < -0.4 is 10.9 Å². The summed E-state index contributed by atoms with van der Waals surface area (Å²) in [5.74, 6) is 0.530. The van der Waals surface area contributed by atoms with Crippen molar-refractivity contribution in [2.24, 2.45) is 7.05 Å². The number of anilines is 1. The Morgan fingerprint density at radius 1 is 1.07 bits per heavy atom. The number of carbonyl (C=O) groups excluding carboxylic acids is 1. The zero-order valence-corrected chi connectivity index (χ0v) is 15.9. The van der Waals surface area contributed by atoms with Gasteiger partial charge in [-0.15, -0.1) is 0 Å². The van der Waals surface area contributed by atoms with Gasteiger partial charge in [-0.25, -0.2) is 4.98 Å². The smallest absolute Gasteiger partial charge is 0.261 e. The summed E-state index contributed by atoms with van der Waals surface area (Å²) in [7, 11) is 1.70. The van der Waals surface area contributed by atoms with E-state index in [-0.39, 0.29) is 17.9 Å². The first-order valence-corrected chi connectivity index (χ1v) is 9.42. The Morgan fingerprint density at radius 3 is 2.56 bits per heavy atom. The van der Waals surface area contributed by atoms with Gasteiger partial charge in [0, 0.05) is 25.6 Å². The van der Waals surface area contributed by atoms with Crippen LogP contribution >= 0.6 is 0 Å². The molecule has 1 heterocycles. The molecule has 0 aliphatic carbocycles. The third kappa shape index (κ3) is 4.61. The minimum absolute atomic E-state index is 0.0845. The lowest BCUT2D eigenvalue weighted by Crippen LogP contribution is -2.23. The minimum Gasteiger partial charge on any atom is -0.326 e. The van der Waals surface area contributed by atoms with E-state index in [1.807, 2.05) is 30.3 Å². The van der Waals surface area contributed by atoms with Gasteiger partial charge in [0.1, 0.15) is 5.82 Å². The number of unbranched alkanes of at least 4 members (excludes halogenated alkanes) is 1. The molecule has 0 fully saturated rings. The number of fused-ring (bicyclic) bond motifs is 1. The van der Waals surface area contributed by atoms with Crippen LogP contribution in [0.2, 0.25) is 0 Å². The highest BCUT2D eigenvalue weighted by molar-refractivity contribution is 5.90. The molecule has 1 amide bonds. The Balaban J connectivity index is 1.63. The molecule has 0 saturated heterocycles. The van der Waals surface area contributed by atoms with Crippen molar-refractivity contribution in [3.8, 4) is 0 Å². The SMILES string of the molecule is CCCCc1ccc(NC(=O)CCc2nc3ccccc3c(=O)n2C)cc1. The molecular formula is C22H25N3O2. The van der Waals surface area contributed by atoms with Gasteiger partial charge in [-0.2, -0.15) is 0 Å². The molecular weight excluding hydrogens is 338 g/mol. The molecule has 0 unspecified atom stereocenters. The number of benzene rings is 2. The van der Waals surface area contributed by atoms with Gasteiger partial charge in [0.25, 0.3) is 5.56 Å². The fourth-order valence-electron chi connectivity index (χ4n) is 3.07. The second-order valence-corrected chi connectivity index (χ2v) is 6.76. The highest BCUT2D eigenvalue weighted by atomic mass is 16.1. The van der Waals surface area contributed by atoms with E-state index in [4.69, 9.17) is 0 Å². The molecule has 140 valence electrons. The average Bonchev–Trinajstić information content (AvgIpc) is 2.69. The fourth-order valence-corrected chi connectivity index (χ4v) is 3.07. The van der Waals surface area contributed by atoms with E-state index in [9.17, 15) is 9.59 Å². The number of carbonyl (C=O) groups is 1. The van der Waals surface area contributed by atoms with Gasteiger partial charge >= 0.3 is 0 Å². The Morgan fingerprint density at radius 2 is 1.81 bits per heavy atom. The summed E-state index contributed by atoms with van der Waals surface area (Å²) in [6.45, 7) is 2.18. The largest absolute Gasteiger partial charge is 0.326 e. The number of aromatic nitrogens is 2. The number of hydrogen-bond acceptors (Lipinski definition) is 3. The van der Waals surface area contributed by atoms with Gasteiger partial charge in [0.2, 0.25) is 5.91 Å². The lowest BCUT2D eigenvalue weighted by atomic mass is 10.1. The van der Waals surface area contributed by atoms with Crippen LogP contribution in [0.5, 0.6) is 0 Å². The number of hydrogen-bond donors (Lipinski definition) is 1. The van der Waals surface area contributed by atoms with Gasteiger partial charge < -0.3 is 5.32 Å². The quantitative estimate of drug-likeness (QED) is 0.693. The van der Waals surface area contributed by atoms with E-state index >= 15 is 0 Å².